The Labute approximate surface area is 136 Å². The van der Waals surface area contributed by atoms with E-state index >= 15 is 0 Å². The molecule has 0 bridgehead atoms. The van der Waals surface area contributed by atoms with Crippen LogP contribution in [0, 0.1) is 9.39 Å². The van der Waals surface area contributed by atoms with E-state index in [0.717, 1.165) is 22.1 Å². The molecule has 0 saturated carbocycles. The van der Waals surface area contributed by atoms with Gasteiger partial charge in [0.25, 0.3) is 0 Å². The molecule has 6 heteroatoms. The molecule has 0 saturated heterocycles. The van der Waals surface area contributed by atoms with Crippen LogP contribution in [-0.2, 0) is 6.42 Å². The summed E-state index contributed by atoms with van der Waals surface area (Å²) in [7, 11) is 1.79. The van der Waals surface area contributed by atoms with Crippen molar-refractivity contribution in [2.24, 2.45) is 0 Å². The van der Waals surface area contributed by atoms with Gasteiger partial charge < -0.3 is 5.32 Å². The predicted octanol–water partition coefficient (Wildman–Crippen LogP) is 4.53. The van der Waals surface area contributed by atoms with E-state index in [1.54, 1.807) is 19.2 Å². The first-order valence-corrected chi connectivity index (χ1v) is 7.72. The second-order valence-corrected chi connectivity index (χ2v) is 5.74. The van der Waals surface area contributed by atoms with Crippen LogP contribution in [0.1, 0.15) is 19.0 Å². The van der Waals surface area contributed by atoms with E-state index in [1.165, 1.54) is 6.07 Å². The van der Waals surface area contributed by atoms with Crippen molar-refractivity contribution in [2.75, 3.05) is 12.4 Å². The number of nitrogens with one attached hydrogen (secondary N) is 1. The van der Waals surface area contributed by atoms with Gasteiger partial charge in [-0.15, -0.1) is 0 Å². The van der Waals surface area contributed by atoms with E-state index in [1.807, 2.05) is 0 Å². The zero-order valence-corrected chi connectivity index (χ0v) is 14.1. The lowest BCUT2D eigenvalue weighted by molar-refractivity contribution is 0.630. The smallest absolute Gasteiger partial charge is 0.164 e. The van der Waals surface area contributed by atoms with E-state index < -0.39 is 5.82 Å². The minimum Gasteiger partial charge on any atom is -0.372 e. The van der Waals surface area contributed by atoms with Gasteiger partial charge >= 0.3 is 0 Å². The maximum Gasteiger partial charge on any atom is 0.164 e. The topological polar surface area (TPSA) is 37.8 Å². The summed E-state index contributed by atoms with van der Waals surface area (Å²) in [5.41, 5.74) is 1.24. The number of halogens is 3. The fourth-order valence-corrected chi connectivity index (χ4v) is 2.81. The zero-order valence-electron chi connectivity index (χ0n) is 11.2. The third-order valence-corrected chi connectivity index (χ3v) is 4.26. The fraction of sp³-hybridized carbons (Fsp3) is 0.286. The van der Waals surface area contributed by atoms with Gasteiger partial charge in [-0.3, -0.25) is 0 Å². The average molecular weight is 406 g/mol. The molecular weight excluding hydrogens is 392 g/mol. The lowest BCUT2D eigenvalue weighted by atomic mass is 10.1. The Balaban J connectivity index is 2.62. The minimum atomic E-state index is -0.486. The fourth-order valence-electron chi connectivity index (χ4n) is 1.86. The molecule has 0 fully saturated rings. The summed E-state index contributed by atoms with van der Waals surface area (Å²) in [6.07, 6.45) is 1.79. The van der Waals surface area contributed by atoms with Gasteiger partial charge in [-0.1, -0.05) is 31.0 Å². The number of aryl methyl sites for hydroxylation is 1. The molecule has 0 aliphatic rings. The largest absolute Gasteiger partial charge is 0.372 e. The van der Waals surface area contributed by atoms with E-state index in [4.69, 9.17) is 11.6 Å². The number of anilines is 1. The van der Waals surface area contributed by atoms with Gasteiger partial charge in [0.2, 0.25) is 0 Å². The first-order valence-electron chi connectivity index (χ1n) is 6.27. The van der Waals surface area contributed by atoms with Crippen molar-refractivity contribution in [3.63, 3.8) is 0 Å². The Morgan fingerprint density at radius 3 is 2.75 bits per heavy atom. The summed E-state index contributed by atoms with van der Waals surface area (Å²) in [6, 6.07) is 4.85. The molecule has 1 aromatic heterocycles. The van der Waals surface area contributed by atoms with Crippen LogP contribution in [0.2, 0.25) is 5.02 Å². The summed E-state index contributed by atoms with van der Waals surface area (Å²) in [5, 5.41) is 3.10. The van der Waals surface area contributed by atoms with E-state index in [-0.39, 0.29) is 5.02 Å². The summed E-state index contributed by atoms with van der Waals surface area (Å²) < 4.78 is 15.1. The van der Waals surface area contributed by atoms with Crippen molar-refractivity contribution >= 4 is 40.0 Å². The zero-order chi connectivity index (χ0) is 14.7. The van der Waals surface area contributed by atoms with Crippen LogP contribution in [0.3, 0.4) is 0 Å². The highest BCUT2D eigenvalue weighted by Crippen LogP contribution is 2.28. The average Bonchev–Trinajstić information content (AvgIpc) is 2.44. The number of hydrogen-bond donors (Lipinski definition) is 1. The van der Waals surface area contributed by atoms with E-state index in [9.17, 15) is 4.39 Å². The second-order valence-electron chi connectivity index (χ2n) is 4.26. The highest BCUT2D eigenvalue weighted by atomic mass is 127. The van der Waals surface area contributed by atoms with Crippen molar-refractivity contribution < 1.29 is 4.39 Å². The second kappa shape index (κ2) is 6.67. The normalized spacial score (nSPS) is 10.7. The molecule has 1 heterocycles. The first-order chi connectivity index (χ1) is 9.58. The first kappa shape index (κ1) is 15.4. The quantitative estimate of drug-likeness (QED) is 0.759. The molecule has 106 valence electrons. The highest BCUT2D eigenvalue weighted by Gasteiger charge is 2.16. The lowest BCUT2D eigenvalue weighted by Gasteiger charge is -2.11. The van der Waals surface area contributed by atoms with Crippen LogP contribution >= 0.6 is 34.2 Å². The lowest BCUT2D eigenvalue weighted by Crippen LogP contribution is -2.06. The summed E-state index contributed by atoms with van der Waals surface area (Å²) in [6.45, 7) is 2.08. The van der Waals surface area contributed by atoms with Gasteiger partial charge in [-0.25, -0.2) is 14.4 Å². The molecule has 0 atom stereocenters. The van der Waals surface area contributed by atoms with Gasteiger partial charge in [-0.05, 0) is 41.1 Å². The number of hydrogen-bond acceptors (Lipinski definition) is 3. The molecule has 0 spiro atoms. The number of benzene rings is 1. The molecule has 0 amide bonds. The van der Waals surface area contributed by atoms with Gasteiger partial charge in [0.05, 0.1) is 19.9 Å². The van der Waals surface area contributed by atoms with Crippen molar-refractivity contribution in [1.82, 2.24) is 9.97 Å². The van der Waals surface area contributed by atoms with E-state index in [0.29, 0.717) is 17.2 Å². The Morgan fingerprint density at radius 2 is 2.10 bits per heavy atom. The summed E-state index contributed by atoms with van der Waals surface area (Å²) in [4.78, 5) is 8.86. The molecule has 2 rings (SSSR count). The monoisotopic (exact) mass is 405 g/mol. The van der Waals surface area contributed by atoms with Gasteiger partial charge in [-0.2, -0.15) is 0 Å². The molecule has 0 aliphatic carbocycles. The SMILES string of the molecule is CCCc1nc(-c2cccc(Cl)c2F)nc(NC)c1I. The third kappa shape index (κ3) is 3.03. The highest BCUT2D eigenvalue weighted by molar-refractivity contribution is 14.1. The Kier molecular flexibility index (Phi) is 5.15. The van der Waals surface area contributed by atoms with Gasteiger partial charge in [0.1, 0.15) is 5.82 Å². The maximum atomic E-state index is 14.1. The Morgan fingerprint density at radius 1 is 1.35 bits per heavy atom. The maximum absolute atomic E-state index is 14.1. The number of nitrogens with zero attached hydrogens (tertiary/aromatic N) is 2. The minimum absolute atomic E-state index is 0.0766. The number of aromatic nitrogens is 2. The molecule has 2 aromatic rings. The van der Waals surface area contributed by atoms with Crippen LogP contribution in [0.5, 0.6) is 0 Å². The van der Waals surface area contributed by atoms with Crippen molar-refractivity contribution in [1.29, 1.82) is 0 Å². The molecule has 0 unspecified atom stereocenters. The number of rotatable bonds is 4. The molecule has 20 heavy (non-hydrogen) atoms. The van der Waals surface area contributed by atoms with Crippen LogP contribution in [0.25, 0.3) is 11.4 Å². The van der Waals surface area contributed by atoms with Crippen LogP contribution in [-0.4, -0.2) is 17.0 Å². The molecule has 3 nitrogen and oxygen atoms in total. The van der Waals surface area contributed by atoms with Crippen molar-refractivity contribution in [3.8, 4) is 11.4 Å². The van der Waals surface area contributed by atoms with Crippen LogP contribution < -0.4 is 5.32 Å². The molecule has 1 aromatic carbocycles. The molecule has 0 radical (unpaired) electrons. The van der Waals surface area contributed by atoms with E-state index in [2.05, 4.69) is 44.8 Å². The summed E-state index contributed by atoms with van der Waals surface area (Å²) in [5.74, 6) is 0.580. The molecular formula is C14H14ClFIN3. The van der Waals surface area contributed by atoms with Crippen molar-refractivity contribution in [3.05, 3.63) is 38.3 Å². The predicted molar refractivity (Wildman–Crippen MR) is 88.7 cm³/mol. The third-order valence-electron chi connectivity index (χ3n) is 2.84. The van der Waals surface area contributed by atoms with Crippen molar-refractivity contribution in [2.45, 2.75) is 19.8 Å². The van der Waals surface area contributed by atoms with Crippen LogP contribution in [0.4, 0.5) is 10.2 Å². The molecule has 0 aliphatic heterocycles. The standard InChI is InChI=1S/C14H14ClFIN3/c1-3-5-10-12(17)14(18-2)20-13(19-10)8-6-4-7-9(15)11(8)16/h4,6-7H,3,5H2,1-2H3,(H,18,19,20). The van der Waals surface area contributed by atoms with Gasteiger partial charge in [0.15, 0.2) is 11.6 Å². The Bertz CT molecular complexity index is 634. The Hall–Kier alpha value is -0.950. The van der Waals surface area contributed by atoms with Crippen LogP contribution in [0.15, 0.2) is 18.2 Å². The molecule has 1 N–H and O–H groups in total. The van der Waals surface area contributed by atoms with Gasteiger partial charge in [0, 0.05) is 7.05 Å². The summed E-state index contributed by atoms with van der Waals surface area (Å²) >= 11 is 8.03.